The molecular formula is C14H11F3N2S. The van der Waals surface area contributed by atoms with Gasteiger partial charge in [0.15, 0.2) is 5.54 Å². The second-order valence-corrected chi connectivity index (χ2v) is 5.60. The minimum Gasteiger partial charge on any atom is -0.279 e. The highest BCUT2D eigenvalue weighted by Crippen LogP contribution is 2.40. The number of halogens is 3. The largest absolute Gasteiger partial charge is 0.416 e. The standard InChI is InChI=1S/C14H11F3N2S/c15-14(16,17)11-4-1-3-10(9-11)13(5-2-6-19-13)12-18-7-8-20-12/h1-6,9H,7-8H2. The molecule has 6 heteroatoms. The SMILES string of the molecule is FC(F)(F)c1cccc(C2(C3=NCCS3)C=CC=N2)c1. The minimum atomic E-state index is -4.35. The maximum absolute atomic E-state index is 12.9. The maximum Gasteiger partial charge on any atom is 0.416 e. The molecule has 20 heavy (non-hydrogen) atoms. The number of thioether (sulfide) groups is 1. The first kappa shape index (κ1) is 13.4. The lowest BCUT2D eigenvalue weighted by molar-refractivity contribution is -0.137. The Hall–Kier alpha value is -1.56. The van der Waals surface area contributed by atoms with Crippen LogP contribution in [0.15, 0.2) is 46.4 Å². The van der Waals surface area contributed by atoms with Gasteiger partial charge in [0.05, 0.1) is 5.56 Å². The zero-order valence-electron chi connectivity index (χ0n) is 10.4. The van der Waals surface area contributed by atoms with Gasteiger partial charge in [-0.3, -0.25) is 9.98 Å². The Kier molecular flexibility index (Phi) is 3.20. The molecule has 0 aromatic heterocycles. The molecule has 1 aromatic carbocycles. The number of hydrogen-bond donors (Lipinski definition) is 0. The van der Waals surface area contributed by atoms with Crippen molar-refractivity contribution in [1.29, 1.82) is 0 Å². The third-order valence-electron chi connectivity index (χ3n) is 3.24. The number of rotatable bonds is 2. The van der Waals surface area contributed by atoms with Crippen LogP contribution in [0, 0.1) is 0 Å². The van der Waals surface area contributed by atoms with Crippen molar-refractivity contribution in [1.82, 2.24) is 0 Å². The van der Waals surface area contributed by atoms with Crippen LogP contribution in [0.2, 0.25) is 0 Å². The van der Waals surface area contributed by atoms with Gasteiger partial charge in [0, 0.05) is 18.5 Å². The molecule has 0 saturated heterocycles. The van der Waals surface area contributed by atoms with E-state index in [2.05, 4.69) is 9.98 Å². The second-order valence-electron chi connectivity index (χ2n) is 4.52. The van der Waals surface area contributed by atoms with Gasteiger partial charge in [-0.25, -0.2) is 0 Å². The summed E-state index contributed by atoms with van der Waals surface area (Å²) in [6, 6.07) is 5.32. The Morgan fingerprint density at radius 2 is 2.10 bits per heavy atom. The average molecular weight is 296 g/mol. The van der Waals surface area contributed by atoms with Crippen molar-refractivity contribution in [2.45, 2.75) is 11.7 Å². The summed E-state index contributed by atoms with van der Waals surface area (Å²) in [7, 11) is 0. The molecule has 104 valence electrons. The monoisotopic (exact) mass is 296 g/mol. The van der Waals surface area contributed by atoms with Crippen LogP contribution < -0.4 is 0 Å². The first-order valence-electron chi connectivity index (χ1n) is 6.11. The molecule has 0 saturated carbocycles. The Bertz CT molecular complexity index is 605. The molecule has 2 heterocycles. The smallest absolute Gasteiger partial charge is 0.279 e. The summed E-state index contributed by atoms with van der Waals surface area (Å²) >= 11 is 1.55. The van der Waals surface area contributed by atoms with E-state index in [4.69, 9.17) is 0 Å². The molecule has 0 amide bonds. The summed E-state index contributed by atoms with van der Waals surface area (Å²) in [4.78, 5) is 8.78. The highest BCUT2D eigenvalue weighted by molar-refractivity contribution is 8.14. The van der Waals surface area contributed by atoms with Crippen LogP contribution >= 0.6 is 11.8 Å². The minimum absolute atomic E-state index is 0.505. The summed E-state index contributed by atoms with van der Waals surface area (Å²) in [6.45, 7) is 0.685. The quantitative estimate of drug-likeness (QED) is 0.817. The van der Waals surface area contributed by atoms with E-state index in [-0.39, 0.29) is 0 Å². The molecule has 0 radical (unpaired) electrons. The number of benzene rings is 1. The number of aliphatic imine (C=N–C) groups is 2. The van der Waals surface area contributed by atoms with Crippen LogP contribution in [0.25, 0.3) is 0 Å². The van der Waals surface area contributed by atoms with E-state index in [1.165, 1.54) is 6.07 Å². The van der Waals surface area contributed by atoms with Gasteiger partial charge < -0.3 is 0 Å². The molecule has 1 aromatic rings. The van der Waals surface area contributed by atoms with E-state index in [9.17, 15) is 13.2 Å². The number of alkyl halides is 3. The number of allylic oxidation sites excluding steroid dienone is 1. The van der Waals surface area contributed by atoms with Gasteiger partial charge in [-0.1, -0.05) is 12.1 Å². The zero-order chi connectivity index (χ0) is 14.2. The molecular weight excluding hydrogens is 285 g/mol. The average Bonchev–Trinajstić information content (AvgIpc) is 3.10. The fraction of sp³-hybridized carbons (Fsp3) is 0.286. The molecule has 1 atom stereocenters. The lowest BCUT2D eigenvalue weighted by atomic mass is 9.90. The Labute approximate surface area is 118 Å². The molecule has 2 aliphatic rings. The van der Waals surface area contributed by atoms with Gasteiger partial charge >= 0.3 is 6.18 Å². The van der Waals surface area contributed by atoms with E-state index >= 15 is 0 Å². The topological polar surface area (TPSA) is 24.7 Å². The van der Waals surface area contributed by atoms with Crippen molar-refractivity contribution in [3.05, 3.63) is 47.5 Å². The highest BCUT2D eigenvalue weighted by atomic mass is 32.2. The van der Waals surface area contributed by atoms with Gasteiger partial charge in [-0.05, 0) is 29.8 Å². The van der Waals surface area contributed by atoms with E-state index in [1.807, 2.05) is 0 Å². The third kappa shape index (κ3) is 2.18. The van der Waals surface area contributed by atoms with E-state index in [1.54, 1.807) is 36.2 Å². The maximum atomic E-state index is 12.9. The lowest BCUT2D eigenvalue weighted by Crippen LogP contribution is -2.28. The first-order chi connectivity index (χ1) is 9.52. The molecule has 0 N–H and O–H groups in total. The molecule has 1 unspecified atom stereocenters. The Morgan fingerprint density at radius 1 is 1.25 bits per heavy atom. The van der Waals surface area contributed by atoms with Gasteiger partial charge in [0.25, 0.3) is 0 Å². The van der Waals surface area contributed by atoms with Crippen LogP contribution in [-0.2, 0) is 11.7 Å². The number of hydrogen-bond acceptors (Lipinski definition) is 3. The van der Waals surface area contributed by atoms with Crippen molar-refractivity contribution in [3.8, 4) is 0 Å². The summed E-state index contributed by atoms with van der Waals surface area (Å²) < 4.78 is 38.6. The van der Waals surface area contributed by atoms with Crippen molar-refractivity contribution < 1.29 is 13.2 Å². The Balaban J connectivity index is 2.10. The Morgan fingerprint density at radius 3 is 2.70 bits per heavy atom. The molecule has 0 fully saturated rings. The fourth-order valence-electron chi connectivity index (χ4n) is 2.30. The highest BCUT2D eigenvalue weighted by Gasteiger charge is 2.40. The van der Waals surface area contributed by atoms with Crippen molar-refractivity contribution >= 4 is 23.0 Å². The fourth-order valence-corrected chi connectivity index (χ4v) is 3.32. The summed E-state index contributed by atoms with van der Waals surface area (Å²) in [5, 5.41) is 0.766. The van der Waals surface area contributed by atoms with E-state index in [0.29, 0.717) is 12.1 Å². The summed E-state index contributed by atoms with van der Waals surface area (Å²) in [6.07, 6.45) is 0.816. The summed E-state index contributed by atoms with van der Waals surface area (Å²) in [5.41, 5.74) is -1.03. The zero-order valence-corrected chi connectivity index (χ0v) is 11.2. The van der Waals surface area contributed by atoms with Crippen LogP contribution in [0.3, 0.4) is 0 Å². The van der Waals surface area contributed by atoms with Gasteiger partial charge in [-0.15, -0.1) is 11.8 Å². The van der Waals surface area contributed by atoms with Crippen LogP contribution in [0.5, 0.6) is 0 Å². The van der Waals surface area contributed by atoms with E-state index in [0.717, 1.165) is 22.9 Å². The summed E-state index contributed by atoms with van der Waals surface area (Å²) in [5.74, 6) is 0.847. The lowest BCUT2D eigenvalue weighted by Gasteiger charge is -2.25. The molecule has 0 spiro atoms. The van der Waals surface area contributed by atoms with Crippen molar-refractivity contribution in [2.75, 3.05) is 12.3 Å². The normalized spacial score (nSPS) is 25.2. The van der Waals surface area contributed by atoms with Gasteiger partial charge in [0.1, 0.15) is 5.04 Å². The molecule has 3 rings (SSSR count). The van der Waals surface area contributed by atoms with Crippen LogP contribution in [0.1, 0.15) is 11.1 Å². The van der Waals surface area contributed by atoms with Gasteiger partial charge in [-0.2, -0.15) is 13.2 Å². The first-order valence-corrected chi connectivity index (χ1v) is 7.09. The third-order valence-corrected chi connectivity index (χ3v) is 4.34. The van der Waals surface area contributed by atoms with Crippen LogP contribution in [0.4, 0.5) is 13.2 Å². The molecule has 2 aliphatic heterocycles. The van der Waals surface area contributed by atoms with Crippen molar-refractivity contribution in [3.63, 3.8) is 0 Å². The van der Waals surface area contributed by atoms with E-state index < -0.39 is 17.3 Å². The molecule has 2 nitrogen and oxygen atoms in total. The van der Waals surface area contributed by atoms with Gasteiger partial charge in [0.2, 0.25) is 0 Å². The van der Waals surface area contributed by atoms with Crippen LogP contribution in [-0.4, -0.2) is 23.6 Å². The van der Waals surface area contributed by atoms with Crippen molar-refractivity contribution in [2.24, 2.45) is 9.98 Å². The molecule has 0 bridgehead atoms. The number of nitrogens with zero attached hydrogens (tertiary/aromatic N) is 2. The second kappa shape index (κ2) is 4.77. The molecule has 0 aliphatic carbocycles. The predicted octanol–water partition coefficient (Wildman–Crippen LogP) is 3.69. The predicted molar refractivity (Wildman–Crippen MR) is 75.5 cm³/mol.